The minimum atomic E-state index is -0.186. The number of H-pyrrole nitrogens is 1. The number of para-hydroxylation sites is 1. The number of hydrogen-bond donors (Lipinski definition) is 2. The van der Waals surface area contributed by atoms with Crippen LogP contribution in [0.5, 0.6) is 0 Å². The molecule has 0 aliphatic heterocycles. The highest BCUT2D eigenvalue weighted by molar-refractivity contribution is 7.13. The molecule has 0 bridgehead atoms. The van der Waals surface area contributed by atoms with Gasteiger partial charge in [-0.25, -0.2) is 0 Å². The molecule has 0 saturated heterocycles. The van der Waals surface area contributed by atoms with Gasteiger partial charge in [0.1, 0.15) is 0 Å². The molecule has 19 heavy (non-hydrogen) atoms. The Balaban J connectivity index is 2.13. The molecule has 3 N–H and O–H groups in total. The van der Waals surface area contributed by atoms with Gasteiger partial charge in [-0.1, -0.05) is 24.3 Å². The predicted octanol–water partition coefficient (Wildman–Crippen LogP) is 4.18. The fourth-order valence-corrected chi connectivity index (χ4v) is 3.24. The van der Waals surface area contributed by atoms with Gasteiger partial charge >= 0.3 is 0 Å². The van der Waals surface area contributed by atoms with E-state index in [4.69, 9.17) is 5.73 Å². The van der Waals surface area contributed by atoms with Crippen molar-refractivity contribution in [2.24, 2.45) is 5.73 Å². The van der Waals surface area contributed by atoms with Crippen LogP contribution in [-0.2, 0) is 6.42 Å². The fraction of sp³-hybridized carbons (Fsp3) is 0.250. The molecule has 3 rings (SSSR count). The molecule has 0 atom stereocenters. The highest BCUT2D eigenvalue weighted by atomic mass is 32.1. The average molecular weight is 270 g/mol. The molecule has 2 nitrogen and oxygen atoms in total. The summed E-state index contributed by atoms with van der Waals surface area (Å²) in [5, 5.41) is 3.39. The minimum absolute atomic E-state index is 0.186. The van der Waals surface area contributed by atoms with Crippen LogP contribution >= 0.6 is 11.3 Å². The van der Waals surface area contributed by atoms with Gasteiger partial charge in [0.25, 0.3) is 0 Å². The van der Waals surface area contributed by atoms with Crippen molar-refractivity contribution in [3.63, 3.8) is 0 Å². The first-order chi connectivity index (χ1) is 9.04. The van der Waals surface area contributed by atoms with Crippen LogP contribution in [0.15, 0.2) is 41.9 Å². The number of aromatic nitrogens is 1. The molecule has 3 heteroatoms. The second-order valence-electron chi connectivity index (χ2n) is 5.68. The highest BCUT2D eigenvalue weighted by Crippen LogP contribution is 2.33. The van der Waals surface area contributed by atoms with Crippen molar-refractivity contribution in [1.29, 1.82) is 0 Å². The van der Waals surface area contributed by atoms with E-state index < -0.39 is 0 Å². The summed E-state index contributed by atoms with van der Waals surface area (Å²) in [5.74, 6) is 0. The van der Waals surface area contributed by atoms with Crippen LogP contribution in [0.2, 0.25) is 0 Å². The summed E-state index contributed by atoms with van der Waals surface area (Å²) in [5.41, 5.74) is 9.73. The Hall–Kier alpha value is -1.58. The zero-order chi connectivity index (χ0) is 13.5. The van der Waals surface area contributed by atoms with Gasteiger partial charge in [-0.2, -0.15) is 0 Å². The number of nitrogens with two attached hydrogens (primary N) is 1. The maximum absolute atomic E-state index is 6.14. The molecule has 0 spiro atoms. The van der Waals surface area contributed by atoms with Crippen molar-refractivity contribution in [3.8, 4) is 10.4 Å². The Labute approximate surface area is 117 Å². The van der Waals surface area contributed by atoms with Crippen molar-refractivity contribution in [2.75, 3.05) is 0 Å². The van der Waals surface area contributed by atoms with Gasteiger partial charge in [0.15, 0.2) is 0 Å². The molecule has 98 valence electrons. The molecule has 0 unspecified atom stereocenters. The molecule has 0 saturated carbocycles. The third-order valence-corrected chi connectivity index (χ3v) is 4.14. The summed E-state index contributed by atoms with van der Waals surface area (Å²) >= 11 is 1.77. The third-order valence-electron chi connectivity index (χ3n) is 3.23. The van der Waals surface area contributed by atoms with Crippen LogP contribution in [0.1, 0.15) is 19.4 Å². The highest BCUT2D eigenvalue weighted by Gasteiger charge is 2.16. The number of benzene rings is 1. The molecule has 2 heterocycles. The van der Waals surface area contributed by atoms with Gasteiger partial charge in [0, 0.05) is 27.6 Å². The number of fused-ring (bicyclic) bond motifs is 1. The topological polar surface area (TPSA) is 41.8 Å². The molecule has 1 aromatic carbocycles. The average Bonchev–Trinajstić information content (AvgIpc) is 2.97. The smallest absolute Gasteiger partial charge is 0.0544 e. The maximum Gasteiger partial charge on any atom is 0.0544 e. The lowest BCUT2D eigenvalue weighted by Crippen LogP contribution is -2.34. The SMILES string of the molecule is CC(C)(N)Cc1c[nH]c2c(-c3cccs3)cccc12. The molecular formula is C16H18N2S. The predicted molar refractivity (Wildman–Crippen MR) is 83.6 cm³/mol. The quantitative estimate of drug-likeness (QED) is 0.736. The van der Waals surface area contributed by atoms with E-state index in [2.05, 4.69) is 60.7 Å². The van der Waals surface area contributed by atoms with Crippen LogP contribution in [0, 0.1) is 0 Å². The van der Waals surface area contributed by atoms with E-state index in [9.17, 15) is 0 Å². The third kappa shape index (κ3) is 2.44. The number of aromatic amines is 1. The molecule has 0 fully saturated rings. The van der Waals surface area contributed by atoms with Gasteiger partial charge in [-0.3, -0.25) is 0 Å². The van der Waals surface area contributed by atoms with E-state index in [1.165, 1.54) is 26.9 Å². The fourth-order valence-electron chi connectivity index (χ4n) is 2.49. The summed E-state index contributed by atoms with van der Waals surface area (Å²) in [6.45, 7) is 4.13. The van der Waals surface area contributed by atoms with E-state index in [0.29, 0.717) is 0 Å². The van der Waals surface area contributed by atoms with Crippen LogP contribution in [0.3, 0.4) is 0 Å². The van der Waals surface area contributed by atoms with Crippen molar-refractivity contribution >= 4 is 22.2 Å². The maximum atomic E-state index is 6.14. The van der Waals surface area contributed by atoms with Gasteiger partial charge in [-0.05, 0) is 37.3 Å². The van der Waals surface area contributed by atoms with E-state index in [1.54, 1.807) is 11.3 Å². The van der Waals surface area contributed by atoms with Crippen molar-refractivity contribution in [2.45, 2.75) is 25.8 Å². The number of rotatable bonds is 3. The van der Waals surface area contributed by atoms with Crippen LogP contribution in [-0.4, -0.2) is 10.5 Å². The lowest BCUT2D eigenvalue weighted by Gasteiger charge is -2.17. The second-order valence-corrected chi connectivity index (χ2v) is 6.63. The Kier molecular flexibility index (Phi) is 2.96. The normalized spacial score (nSPS) is 12.2. The molecule has 3 aromatic rings. The Morgan fingerprint density at radius 3 is 2.74 bits per heavy atom. The van der Waals surface area contributed by atoms with Crippen molar-refractivity contribution in [3.05, 3.63) is 47.5 Å². The monoisotopic (exact) mass is 270 g/mol. The minimum Gasteiger partial charge on any atom is -0.360 e. The van der Waals surface area contributed by atoms with E-state index in [-0.39, 0.29) is 5.54 Å². The molecule has 0 aliphatic carbocycles. The van der Waals surface area contributed by atoms with Gasteiger partial charge in [0.05, 0.1) is 5.52 Å². The van der Waals surface area contributed by atoms with Gasteiger partial charge < -0.3 is 10.7 Å². The van der Waals surface area contributed by atoms with Crippen LogP contribution in [0.25, 0.3) is 21.3 Å². The summed E-state index contributed by atoms with van der Waals surface area (Å²) in [4.78, 5) is 4.72. The molecule has 0 amide bonds. The first kappa shape index (κ1) is 12.5. The zero-order valence-electron chi connectivity index (χ0n) is 11.2. The molecular weight excluding hydrogens is 252 g/mol. The molecule has 2 aromatic heterocycles. The first-order valence-electron chi connectivity index (χ1n) is 6.46. The summed E-state index contributed by atoms with van der Waals surface area (Å²) in [6, 6.07) is 10.7. The molecule has 0 aliphatic rings. The van der Waals surface area contributed by atoms with E-state index >= 15 is 0 Å². The zero-order valence-corrected chi connectivity index (χ0v) is 12.1. The van der Waals surface area contributed by atoms with Crippen molar-refractivity contribution in [1.82, 2.24) is 4.98 Å². The van der Waals surface area contributed by atoms with E-state index in [1.807, 2.05) is 0 Å². The second kappa shape index (κ2) is 4.51. The largest absolute Gasteiger partial charge is 0.360 e. The first-order valence-corrected chi connectivity index (χ1v) is 7.34. The Morgan fingerprint density at radius 1 is 1.21 bits per heavy atom. The number of nitrogens with one attached hydrogen (secondary N) is 1. The van der Waals surface area contributed by atoms with Crippen molar-refractivity contribution < 1.29 is 0 Å². The van der Waals surface area contributed by atoms with Crippen LogP contribution in [0.4, 0.5) is 0 Å². The Morgan fingerprint density at radius 2 is 2.05 bits per heavy atom. The van der Waals surface area contributed by atoms with Gasteiger partial charge in [0.2, 0.25) is 0 Å². The Bertz CT molecular complexity index is 687. The summed E-state index contributed by atoms with van der Waals surface area (Å²) in [7, 11) is 0. The summed E-state index contributed by atoms with van der Waals surface area (Å²) < 4.78 is 0. The lowest BCUT2D eigenvalue weighted by molar-refractivity contribution is 0.518. The summed E-state index contributed by atoms with van der Waals surface area (Å²) in [6.07, 6.45) is 2.97. The van der Waals surface area contributed by atoms with Crippen LogP contribution < -0.4 is 5.73 Å². The lowest BCUT2D eigenvalue weighted by atomic mass is 9.95. The number of thiophene rings is 1. The van der Waals surface area contributed by atoms with E-state index in [0.717, 1.165) is 6.42 Å². The number of hydrogen-bond acceptors (Lipinski definition) is 2. The van der Waals surface area contributed by atoms with Gasteiger partial charge in [-0.15, -0.1) is 11.3 Å². The standard InChI is InChI=1S/C16H18N2S/c1-16(2,17)9-11-10-18-15-12(11)5-3-6-13(15)14-7-4-8-19-14/h3-8,10,18H,9,17H2,1-2H3. The molecule has 0 radical (unpaired) electrons.